The van der Waals surface area contributed by atoms with Crippen LogP contribution in [0, 0.1) is 0 Å². The molecule has 1 amide bonds. The topological polar surface area (TPSA) is 76.4 Å². The molecule has 8 heteroatoms. The van der Waals surface area contributed by atoms with Crippen LogP contribution < -0.4 is 4.90 Å². The number of hydrogen-bond donors (Lipinski definition) is 0. The van der Waals surface area contributed by atoms with Crippen LogP contribution >= 0.6 is 0 Å². The van der Waals surface area contributed by atoms with Gasteiger partial charge in [0, 0.05) is 32.4 Å². The number of anilines is 1. The fourth-order valence-electron chi connectivity index (χ4n) is 3.52. The van der Waals surface area contributed by atoms with Crippen LogP contribution in [0.1, 0.15) is 29.2 Å². The normalized spacial score (nSPS) is 21.4. The van der Waals surface area contributed by atoms with Gasteiger partial charge in [-0.1, -0.05) is 0 Å². The van der Waals surface area contributed by atoms with E-state index in [1.54, 1.807) is 18.9 Å². The van der Waals surface area contributed by atoms with E-state index in [1.807, 2.05) is 21.7 Å². The van der Waals surface area contributed by atoms with E-state index in [9.17, 15) is 4.79 Å². The van der Waals surface area contributed by atoms with Crippen LogP contribution in [-0.4, -0.2) is 69.9 Å². The zero-order valence-electron chi connectivity index (χ0n) is 14.1. The lowest BCUT2D eigenvalue weighted by atomic mass is 10.0. The molecule has 2 aliphatic rings. The summed E-state index contributed by atoms with van der Waals surface area (Å²) < 4.78 is 7.27. The fourth-order valence-corrected chi connectivity index (χ4v) is 3.52. The lowest BCUT2D eigenvalue weighted by Crippen LogP contribution is -2.42. The molecular formula is C17H22N6O2. The maximum atomic E-state index is 13.2. The Labute approximate surface area is 146 Å². The van der Waals surface area contributed by atoms with Gasteiger partial charge in [-0.25, -0.2) is 14.6 Å². The lowest BCUT2D eigenvalue weighted by Gasteiger charge is -2.34. The van der Waals surface area contributed by atoms with Crippen LogP contribution in [0.4, 0.5) is 5.82 Å². The molecule has 132 valence electrons. The molecule has 2 aromatic heterocycles. The van der Waals surface area contributed by atoms with Crippen molar-refractivity contribution in [2.45, 2.75) is 18.9 Å². The summed E-state index contributed by atoms with van der Waals surface area (Å²) >= 11 is 0. The largest absolute Gasteiger partial charge is 0.378 e. The summed E-state index contributed by atoms with van der Waals surface area (Å²) in [5, 5.41) is 4.23. The third-order valence-electron chi connectivity index (χ3n) is 4.82. The van der Waals surface area contributed by atoms with Crippen molar-refractivity contribution in [1.82, 2.24) is 24.6 Å². The quantitative estimate of drug-likeness (QED) is 0.828. The highest BCUT2D eigenvalue weighted by Gasteiger charge is 2.28. The molecular weight excluding hydrogens is 320 g/mol. The predicted molar refractivity (Wildman–Crippen MR) is 91.5 cm³/mol. The van der Waals surface area contributed by atoms with Gasteiger partial charge in [0.05, 0.1) is 24.8 Å². The maximum Gasteiger partial charge on any atom is 0.257 e. The number of nitrogens with zero attached hydrogens (tertiary/aromatic N) is 6. The number of carbonyl (C=O) groups is 1. The Morgan fingerprint density at radius 1 is 1.24 bits per heavy atom. The first-order valence-corrected chi connectivity index (χ1v) is 8.74. The number of hydrogen-bond acceptors (Lipinski definition) is 6. The lowest BCUT2D eigenvalue weighted by molar-refractivity contribution is 0.0672. The van der Waals surface area contributed by atoms with E-state index >= 15 is 0 Å². The van der Waals surface area contributed by atoms with Gasteiger partial charge in [-0.05, 0) is 25.0 Å². The molecule has 2 aliphatic heterocycles. The van der Waals surface area contributed by atoms with E-state index in [1.165, 1.54) is 0 Å². The van der Waals surface area contributed by atoms with Crippen LogP contribution in [0.2, 0.25) is 0 Å². The summed E-state index contributed by atoms with van der Waals surface area (Å²) in [7, 11) is 0. The predicted octanol–water partition coefficient (Wildman–Crippen LogP) is 0.987. The van der Waals surface area contributed by atoms with Crippen molar-refractivity contribution < 1.29 is 9.53 Å². The summed E-state index contributed by atoms with van der Waals surface area (Å²) in [5.41, 5.74) is 0.670. The molecule has 4 rings (SSSR count). The summed E-state index contributed by atoms with van der Waals surface area (Å²) in [6.07, 6.45) is 6.98. The second-order valence-electron chi connectivity index (χ2n) is 6.40. The highest BCUT2D eigenvalue weighted by atomic mass is 16.5. The van der Waals surface area contributed by atoms with Gasteiger partial charge in [-0.3, -0.25) is 4.79 Å². The zero-order valence-corrected chi connectivity index (χ0v) is 14.1. The van der Waals surface area contributed by atoms with Crippen LogP contribution in [-0.2, 0) is 4.74 Å². The van der Waals surface area contributed by atoms with Gasteiger partial charge in [0.15, 0.2) is 0 Å². The molecule has 4 heterocycles. The number of carbonyl (C=O) groups excluding carboxylic acids is 1. The van der Waals surface area contributed by atoms with Crippen LogP contribution in [0.25, 0.3) is 0 Å². The molecule has 0 bridgehead atoms. The number of pyridine rings is 1. The summed E-state index contributed by atoms with van der Waals surface area (Å²) in [6.45, 7) is 4.28. The summed E-state index contributed by atoms with van der Waals surface area (Å²) in [6, 6.07) is 3.89. The van der Waals surface area contributed by atoms with Crippen LogP contribution in [0.3, 0.4) is 0 Å². The second-order valence-corrected chi connectivity index (χ2v) is 6.40. The average molecular weight is 342 g/mol. The molecule has 0 N–H and O–H groups in total. The first kappa shape index (κ1) is 16.0. The highest BCUT2D eigenvalue weighted by molar-refractivity contribution is 5.99. The van der Waals surface area contributed by atoms with E-state index in [-0.39, 0.29) is 11.9 Å². The summed E-state index contributed by atoms with van der Waals surface area (Å²) in [5.74, 6) is 0.804. The van der Waals surface area contributed by atoms with Crippen LogP contribution in [0.5, 0.6) is 0 Å². The molecule has 25 heavy (non-hydrogen) atoms. The van der Waals surface area contributed by atoms with Crippen molar-refractivity contribution in [2.24, 2.45) is 0 Å². The number of aromatic nitrogens is 4. The average Bonchev–Trinajstić information content (AvgIpc) is 3.23. The van der Waals surface area contributed by atoms with Crippen molar-refractivity contribution in [3.05, 3.63) is 36.5 Å². The van der Waals surface area contributed by atoms with E-state index in [0.29, 0.717) is 25.3 Å². The van der Waals surface area contributed by atoms with E-state index in [2.05, 4.69) is 20.0 Å². The number of morpholine rings is 1. The standard InChI is InChI=1S/C17H22N6O2/c24-17(22-6-2-3-14(11-22)23-13-18-12-20-23)15-4-1-5-19-16(15)21-7-9-25-10-8-21/h1,4-5,12-14H,2-3,6-11H2/t14-/m0/s1. The molecule has 0 saturated carbocycles. The third kappa shape index (κ3) is 3.34. The minimum Gasteiger partial charge on any atom is -0.378 e. The molecule has 2 saturated heterocycles. The Kier molecular flexibility index (Phi) is 4.60. The SMILES string of the molecule is O=C(c1cccnc1N1CCOCC1)N1CCC[C@H](n2cncn2)C1. The Morgan fingerprint density at radius 2 is 2.12 bits per heavy atom. The highest BCUT2D eigenvalue weighted by Crippen LogP contribution is 2.25. The van der Waals surface area contributed by atoms with Gasteiger partial charge in [0.1, 0.15) is 18.5 Å². The number of amides is 1. The molecule has 1 atom stereocenters. The van der Waals surface area contributed by atoms with Crippen molar-refractivity contribution in [2.75, 3.05) is 44.3 Å². The number of ether oxygens (including phenoxy) is 1. The molecule has 0 unspecified atom stereocenters. The van der Waals surface area contributed by atoms with Gasteiger partial charge >= 0.3 is 0 Å². The number of rotatable bonds is 3. The molecule has 2 aromatic rings. The van der Waals surface area contributed by atoms with Gasteiger partial charge < -0.3 is 14.5 Å². The maximum absolute atomic E-state index is 13.2. The van der Waals surface area contributed by atoms with E-state index in [4.69, 9.17) is 4.74 Å². The minimum atomic E-state index is 0.0411. The smallest absolute Gasteiger partial charge is 0.257 e. The third-order valence-corrected chi connectivity index (χ3v) is 4.82. The molecule has 0 aromatic carbocycles. The Bertz CT molecular complexity index is 714. The molecule has 0 aliphatic carbocycles. The first-order chi connectivity index (χ1) is 12.3. The van der Waals surface area contributed by atoms with Gasteiger partial charge in [-0.15, -0.1) is 0 Å². The van der Waals surface area contributed by atoms with Gasteiger partial charge in [-0.2, -0.15) is 5.10 Å². The Balaban J connectivity index is 1.54. The van der Waals surface area contributed by atoms with Crippen molar-refractivity contribution in [3.8, 4) is 0 Å². The number of likely N-dealkylation sites (tertiary alicyclic amines) is 1. The second kappa shape index (κ2) is 7.18. The van der Waals surface area contributed by atoms with Gasteiger partial charge in [0.2, 0.25) is 0 Å². The Morgan fingerprint density at radius 3 is 2.92 bits per heavy atom. The van der Waals surface area contributed by atoms with Crippen molar-refractivity contribution in [1.29, 1.82) is 0 Å². The van der Waals surface area contributed by atoms with E-state index < -0.39 is 0 Å². The molecule has 0 spiro atoms. The van der Waals surface area contributed by atoms with Crippen molar-refractivity contribution in [3.63, 3.8) is 0 Å². The monoisotopic (exact) mass is 342 g/mol. The van der Waals surface area contributed by atoms with Crippen LogP contribution in [0.15, 0.2) is 31.0 Å². The zero-order chi connectivity index (χ0) is 17.1. The molecule has 0 radical (unpaired) electrons. The summed E-state index contributed by atoms with van der Waals surface area (Å²) in [4.78, 5) is 25.7. The Hall–Kier alpha value is -2.48. The van der Waals surface area contributed by atoms with Gasteiger partial charge in [0.25, 0.3) is 5.91 Å². The molecule has 8 nitrogen and oxygen atoms in total. The fraction of sp³-hybridized carbons (Fsp3) is 0.529. The molecule has 2 fully saturated rings. The van der Waals surface area contributed by atoms with E-state index in [0.717, 1.165) is 38.3 Å². The van der Waals surface area contributed by atoms with Crippen molar-refractivity contribution >= 4 is 11.7 Å². The number of piperidine rings is 1. The first-order valence-electron chi connectivity index (χ1n) is 8.74. The minimum absolute atomic E-state index is 0.0411.